The minimum atomic E-state index is -0.373. The lowest BCUT2D eigenvalue weighted by atomic mass is 10.1. The number of primary amides is 1. The van der Waals surface area contributed by atoms with Gasteiger partial charge in [0.15, 0.2) is 11.5 Å². The number of hydrogen-bond donors (Lipinski definition) is 2. The van der Waals surface area contributed by atoms with E-state index in [4.69, 9.17) is 10.5 Å². The molecule has 0 spiro atoms. The lowest BCUT2D eigenvalue weighted by Gasteiger charge is -2.25. The Labute approximate surface area is 121 Å². The molecule has 0 aliphatic carbocycles. The molecular weight excluding hydrogens is 312 g/mol. The number of phenolic OH excluding ortho intramolecular Hbond substituents is 1. The molecule has 0 saturated carbocycles. The standard InChI is InChI=1S/C13H19BrN2O3/c1-8(2)16(7-13(15)18)6-9-4-11(17)12(19-3)5-10(9)14/h4-5,8,17H,6-7H2,1-3H3,(H2,15,18). The van der Waals surface area contributed by atoms with Gasteiger partial charge in [0.1, 0.15) is 0 Å². The van der Waals surface area contributed by atoms with Crippen molar-refractivity contribution in [3.8, 4) is 11.5 Å². The Kier molecular flexibility index (Phi) is 5.62. The lowest BCUT2D eigenvalue weighted by Crippen LogP contribution is -2.38. The van der Waals surface area contributed by atoms with Crippen LogP contribution < -0.4 is 10.5 Å². The summed E-state index contributed by atoms with van der Waals surface area (Å²) in [6.07, 6.45) is 0. The van der Waals surface area contributed by atoms with E-state index in [1.165, 1.54) is 7.11 Å². The van der Waals surface area contributed by atoms with Gasteiger partial charge < -0.3 is 15.6 Å². The number of nitrogens with two attached hydrogens (primary N) is 1. The third-order valence-corrected chi connectivity index (χ3v) is 3.55. The fourth-order valence-corrected chi connectivity index (χ4v) is 2.16. The number of phenols is 1. The second-order valence-corrected chi connectivity index (χ2v) is 5.43. The normalized spacial score (nSPS) is 11.1. The number of hydrogen-bond acceptors (Lipinski definition) is 4. The zero-order chi connectivity index (χ0) is 14.6. The van der Waals surface area contributed by atoms with Crippen molar-refractivity contribution >= 4 is 21.8 Å². The Bertz CT molecular complexity index is 463. The van der Waals surface area contributed by atoms with E-state index in [0.29, 0.717) is 12.3 Å². The van der Waals surface area contributed by atoms with Crippen LogP contribution in [0.3, 0.4) is 0 Å². The molecule has 1 rings (SSSR count). The number of amides is 1. The maximum atomic E-state index is 11.1. The van der Waals surface area contributed by atoms with Gasteiger partial charge in [-0.1, -0.05) is 15.9 Å². The molecule has 106 valence electrons. The van der Waals surface area contributed by atoms with Crippen LogP contribution >= 0.6 is 15.9 Å². The summed E-state index contributed by atoms with van der Waals surface area (Å²) in [6.45, 7) is 4.66. The zero-order valence-corrected chi connectivity index (χ0v) is 12.9. The molecule has 1 aromatic rings. The number of nitrogens with zero attached hydrogens (tertiary/aromatic N) is 1. The van der Waals surface area contributed by atoms with Crippen LogP contribution in [-0.4, -0.2) is 35.6 Å². The number of aromatic hydroxyl groups is 1. The van der Waals surface area contributed by atoms with E-state index >= 15 is 0 Å². The highest BCUT2D eigenvalue weighted by molar-refractivity contribution is 9.10. The fraction of sp³-hybridized carbons (Fsp3) is 0.462. The Morgan fingerprint density at radius 2 is 2.16 bits per heavy atom. The van der Waals surface area contributed by atoms with Crippen molar-refractivity contribution in [1.82, 2.24) is 4.90 Å². The molecule has 0 radical (unpaired) electrons. The van der Waals surface area contributed by atoms with Crippen molar-refractivity contribution in [2.75, 3.05) is 13.7 Å². The van der Waals surface area contributed by atoms with E-state index in [2.05, 4.69) is 15.9 Å². The average molecular weight is 331 g/mol. The third kappa shape index (κ3) is 4.40. The number of halogens is 1. The van der Waals surface area contributed by atoms with Crippen molar-refractivity contribution in [2.24, 2.45) is 5.73 Å². The monoisotopic (exact) mass is 330 g/mol. The van der Waals surface area contributed by atoms with Gasteiger partial charge in [0.25, 0.3) is 0 Å². The Morgan fingerprint density at radius 1 is 1.53 bits per heavy atom. The topological polar surface area (TPSA) is 75.8 Å². The molecule has 0 atom stereocenters. The van der Waals surface area contributed by atoms with Crippen LogP contribution in [0.5, 0.6) is 11.5 Å². The molecule has 0 bridgehead atoms. The van der Waals surface area contributed by atoms with Crippen molar-refractivity contribution in [1.29, 1.82) is 0 Å². The van der Waals surface area contributed by atoms with E-state index in [-0.39, 0.29) is 24.2 Å². The summed E-state index contributed by atoms with van der Waals surface area (Å²) in [6, 6.07) is 3.50. The number of rotatable bonds is 6. The van der Waals surface area contributed by atoms with Crippen LogP contribution in [0.15, 0.2) is 16.6 Å². The van der Waals surface area contributed by atoms with Crippen LogP contribution in [0.25, 0.3) is 0 Å². The minimum absolute atomic E-state index is 0.0727. The first-order valence-corrected chi connectivity index (χ1v) is 6.72. The van der Waals surface area contributed by atoms with Gasteiger partial charge in [-0.2, -0.15) is 0 Å². The van der Waals surface area contributed by atoms with Gasteiger partial charge in [0.05, 0.1) is 13.7 Å². The smallest absolute Gasteiger partial charge is 0.231 e. The summed E-state index contributed by atoms with van der Waals surface area (Å²) < 4.78 is 5.85. The molecule has 3 N–H and O–H groups in total. The largest absolute Gasteiger partial charge is 0.504 e. The first-order chi connectivity index (χ1) is 8.85. The van der Waals surface area contributed by atoms with Crippen LogP contribution in [0.1, 0.15) is 19.4 Å². The summed E-state index contributed by atoms with van der Waals surface area (Å²) >= 11 is 3.43. The maximum Gasteiger partial charge on any atom is 0.231 e. The van der Waals surface area contributed by atoms with Crippen molar-refractivity contribution < 1.29 is 14.6 Å². The molecule has 1 amide bonds. The molecular formula is C13H19BrN2O3. The van der Waals surface area contributed by atoms with Crippen molar-refractivity contribution in [3.63, 3.8) is 0 Å². The quantitative estimate of drug-likeness (QED) is 0.834. The highest BCUT2D eigenvalue weighted by atomic mass is 79.9. The number of carbonyl (C=O) groups excluding carboxylic acids is 1. The number of methoxy groups -OCH3 is 1. The van der Waals surface area contributed by atoms with E-state index < -0.39 is 0 Å². The lowest BCUT2D eigenvalue weighted by molar-refractivity contribution is -0.119. The van der Waals surface area contributed by atoms with Gasteiger partial charge in [-0.25, -0.2) is 0 Å². The molecule has 0 fully saturated rings. The molecule has 19 heavy (non-hydrogen) atoms. The van der Waals surface area contributed by atoms with Gasteiger partial charge in [-0.3, -0.25) is 9.69 Å². The molecule has 6 heteroatoms. The second kappa shape index (κ2) is 6.77. The van der Waals surface area contributed by atoms with Crippen LogP contribution in [0.2, 0.25) is 0 Å². The number of carbonyl (C=O) groups is 1. The summed E-state index contributed by atoms with van der Waals surface area (Å²) in [4.78, 5) is 13.0. The van der Waals surface area contributed by atoms with E-state index in [9.17, 15) is 9.90 Å². The van der Waals surface area contributed by atoms with E-state index in [1.807, 2.05) is 18.7 Å². The minimum Gasteiger partial charge on any atom is -0.504 e. The predicted octanol–water partition coefficient (Wildman–Crippen LogP) is 1.86. The molecule has 0 aliphatic heterocycles. The third-order valence-electron chi connectivity index (χ3n) is 2.81. The predicted molar refractivity (Wildman–Crippen MR) is 77.1 cm³/mol. The van der Waals surface area contributed by atoms with Crippen molar-refractivity contribution in [2.45, 2.75) is 26.4 Å². The summed E-state index contributed by atoms with van der Waals surface area (Å²) in [5.41, 5.74) is 6.11. The van der Waals surface area contributed by atoms with Gasteiger partial charge in [0, 0.05) is 17.1 Å². The van der Waals surface area contributed by atoms with Crippen LogP contribution in [-0.2, 0) is 11.3 Å². The maximum absolute atomic E-state index is 11.1. The zero-order valence-electron chi connectivity index (χ0n) is 11.3. The molecule has 0 aromatic heterocycles. The van der Waals surface area contributed by atoms with E-state index in [1.54, 1.807) is 12.1 Å². The van der Waals surface area contributed by atoms with Crippen LogP contribution in [0, 0.1) is 0 Å². The first-order valence-electron chi connectivity index (χ1n) is 5.92. The first kappa shape index (κ1) is 15.8. The molecule has 5 nitrogen and oxygen atoms in total. The van der Waals surface area contributed by atoms with Gasteiger partial charge in [-0.05, 0) is 31.5 Å². The summed E-state index contributed by atoms with van der Waals surface area (Å²) in [5.74, 6) is 0.104. The Hall–Kier alpha value is -1.27. The number of benzene rings is 1. The molecule has 0 heterocycles. The molecule has 0 saturated heterocycles. The fourth-order valence-electron chi connectivity index (χ4n) is 1.71. The molecule has 0 aliphatic rings. The summed E-state index contributed by atoms with van der Waals surface area (Å²) in [7, 11) is 1.49. The van der Waals surface area contributed by atoms with E-state index in [0.717, 1.165) is 10.0 Å². The highest BCUT2D eigenvalue weighted by Crippen LogP contribution is 2.33. The Morgan fingerprint density at radius 3 is 2.63 bits per heavy atom. The Balaban J connectivity index is 2.96. The average Bonchev–Trinajstić information content (AvgIpc) is 2.31. The SMILES string of the molecule is COc1cc(Br)c(CN(CC(N)=O)C(C)C)cc1O. The van der Waals surface area contributed by atoms with Gasteiger partial charge in [-0.15, -0.1) is 0 Å². The van der Waals surface area contributed by atoms with Crippen molar-refractivity contribution in [3.05, 3.63) is 22.2 Å². The highest BCUT2D eigenvalue weighted by Gasteiger charge is 2.16. The van der Waals surface area contributed by atoms with Crippen LogP contribution in [0.4, 0.5) is 0 Å². The summed E-state index contributed by atoms with van der Waals surface area (Å²) in [5, 5.41) is 9.79. The molecule has 1 aromatic carbocycles. The molecule has 0 unspecified atom stereocenters. The van der Waals surface area contributed by atoms with Gasteiger partial charge >= 0.3 is 0 Å². The van der Waals surface area contributed by atoms with Gasteiger partial charge in [0.2, 0.25) is 5.91 Å². The number of ether oxygens (including phenoxy) is 1. The second-order valence-electron chi connectivity index (χ2n) is 4.58.